The number of nitrogens with one attached hydrogen (secondary N) is 1. The highest BCUT2D eigenvalue weighted by molar-refractivity contribution is 5.81. The van der Waals surface area contributed by atoms with Crippen molar-refractivity contribution in [2.75, 3.05) is 26.4 Å². The summed E-state index contributed by atoms with van der Waals surface area (Å²) in [6, 6.07) is 10.6. The van der Waals surface area contributed by atoms with Gasteiger partial charge in [-0.15, -0.1) is 0 Å². The number of amides is 1. The van der Waals surface area contributed by atoms with E-state index in [1.807, 2.05) is 6.07 Å². The predicted molar refractivity (Wildman–Crippen MR) is 84.8 cm³/mol. The van der Waals surface area contributed by atoms with Crippen molar-refractivity contribution in [1.82, 2.24) is 5.32 Å². The third-order valence-corrected chi connectivity index (χ3v) is 4.91. The minimum absolute atomic E-state index is 0.0411. The van der Waals surface area contributed by atoms with Gasteiger partial charge in [-0.1, -0.05) is 49.6 Å². The van der Waals surface area contributed by atoms with Crippen molar-refractivity contribution in [2.24, 2.45) is 0 Å². The van der Waals surface area contributed by atoms with Crippen molar-refractivity contribution in [3.05, 3.63) is 35.9 Å². The van der Waals surface area contributed by atoms with Crippen LogP contribution in [-0.4, -0.2) is 38.4 Å². The first-order valence-corrected chi connectivity index (χ1v) is 8.33. The number of carbonyl (C=O) groups is 1. The van der Waals surface area contributed by atoms with Crippen LogP contribution in [0, 0.1) is 0 Å². The predicted octanol–water partition coefficient (Wildman–Crippen LogP) is 2.42. The molecule has 4 nitrogen and oxygen atoms in total. The van der Waals surface area contributed by atoms with Gasteiger partial charge in [0.05, 0.1) is 19.8 Å². The van der Waals surface area contributed by atoms with Gasteiger partial charge >= 0.3 is 0 Å². The van der Waals surface area contributed by atoms with Gasteiger partial charge in [-0.05, 0) is 18.4 Å². The fourth-order valence-electron chi connectivity index (χ4n) is 3.60. The van der Waals surface area contributed by atoms with E-state index in [4.69, 9.17) is 9.47 Å². The molecule has 0 spiro atoms. The summed E-state index contributed by atoms with van der Waals surface area (Å²) in [6.45, 7) is 2.14. The van der Waals surface area contributed by atoms with Crippen LogP contribution >= 0.6 is 0 Å². The molecule has 1 saturated carbocycles. The van der Waals surface area contributed by atoms with Crippen LogP contribution in [0.2, 0.25) is 0 Å². The molecule has 1 aromatic rings. The fraction of sp³-hybridized carbons (Fsp3) is 0.611. The first-order valence-electron chi connectivity index (χ1n) is 8.33. The number of rotatable bonds is 4. The molecule has 2 aliphatic rings. The molecule has 4 heteroatoms. The fourth-order valence-corrected chi connectivity index (χ4v) is 3.60. The van der Waals surface area contributed by atoms with Crippen LogP contribution in [0.4, 0.5) is 0 Å². The zero-order valence-corrected chi connectivity index (χ0v) is 13.1. The van der Waals surface area contributed by atoms with E-state index < -0.39 is 6.10 Å². The Bertz CT molecular complexity index is 476. The van der Waals surface area contributed by atoms with E-state index in [2.05, 4.69) is 29.6 Å². The van der Waals surface area contributed by atoms with Crippen molar-refractivity contribution in [3.8, 4) is 0 Å². The van der Waals surface area contributed by atoms with Gasteiger partial charge in [0.2, 0.25) is 0 Å². The molecule has 1 amide bonds. The van der Waals surface area contributed by atoms with Crippen LogP contribution in [-0.2, 0) is 19.7 Å². The molecule has 1 aliphatic carbocycles. The second kappa shape index (κ2) is 7.25. The van der Waals surface area contributed by atoms with Crippen molar-refractivity contribution in [1.29, 1.82) is 0 Å². The van der Waals surface area contributed by atoms with Gasteiger partial charge in [0.1, 0.15) is 0 Å². The molecule has 2 fully saturated rings. The van der Waals surface area contributed by atoms with Gasteiger partial charge in [-0.3, -0.25) is 4.79 Å². The quantitative estimate of drug-likeness (QED) is 0.929. The van der Waals surface area contributed by atoms with E-state index in [0.717, 1.165) is 12.8 Å². The maximum absolute atomic E-state index is 12.3. The minimum atomic E-state index is -0.454. The largest absolute Gasteiger partial charge is 0.376 e. The minimum Gasteiger partial charge on any atom is -0.376 e. The molecule has 0 bridgehead atoms. The van der Waals surface area contributed by atoms with E-state index in [0.29, 0.717) is 26.4 Å². The zero-order chi connectivity index (χ0) is 15.3. The summed E-state index contributed by atoms with van der Waals surface area (Å²) in [7, 11) is 0. The highest BCUT2D eigenvalue weighted by Gasteiger charge is 2.35. The molecule has 1 aliphatic heterocycles. The normalized spacial score (nSPS) is 24.6. The highest BCUT2D eigenvalue weighted by atomic mass is 16.6. The second-order valence-corrected chi connectivity index (χ2v) is 6.36. The van der Waals surface area contributed by atoms with Crippen molar-refractivity contribution < 1.29 is 14.3 Å². The number of ether oxygens (including phenoxy) is 2. The van der Waals surface area contributed by atoms with Crippen LogP contribution in [0.5, 0.6) is 0 Å². The number of hydrogen-bond acceptors (Lipinski definition) is 3. The molecule has 22 heavy (non-hydrogen) atoms. The number of benzene rings is 1. The molecule has 1 atom stereocenters. The van der Waals surface area contributed by atoms with E-state index in [9.17, 15) is 4.79 Å². The molecule has 120 valence electrons. The molecule has 1 aromatic carbocycles. The van der Waals surface area contributed by atoms with Gasteiger partial charge in [-0.2, -0.15) is 0 Å². The Morgan fingerprint density at radius 2 is 1.91 bits per heavy atom. The van der Waals surface area contributed by atoms with E-state index in [1.165, 1.54) is 24.8 Å². The SMILES string of the molecule is O=C(NCC1(c2ccccc2)CCCCC1)C1COCCO1. The molecule has 0 radical (unpaired) electrons. The number of carbonyl (C=O) groups excluding carboxylic acids is 1. The average molecular weight is 303 g/mol. The topological polar surface area (TPSA) is 47.6 Å². The summed E-state index contributed by atoms with van der Waals surface area (Å²) in [6.07, 6.45) is 5.58. The average Bonchev–Trinajstić information content (AvgIpc) is 2.62. The van der Waals surface area contributed by atoms with Crippen LogP contribution in [0.25, 0.3) is 0 Å². The monoisotopic (exact) mass is 303 g/mol. The van der Waals surface area contributed by atoms with Gasteiger partial charge in [0.25, 0.3) is 5.91 Å². The molecule has 3 rings (SSSR count). The Kier molecular flexibility index (Phi) is 5.11. The maximum Gasteiger partial charge on any atom is 0.251 e. The summed E-state index contributed by atoms with van der Waals surface area (Å²) < 4.78 is 10.8. The van der Waals surface area contributed by atoms with Gasteiger partial charge in [-0.25, -0.2) is 0 Å². The van der Waals surface area contributed by atoms with Crippen molar-refractivity contribution >= 4 is 5.91 Å². The Morgan fingerprint density at radius 3 is 2.59 bits per heavy atom. The first kappa shape index (κ1) is 15.5. The van der Waals surface area contributed by atoms with E-state index in [1.54, 1.807) is 0 Å². The molecule has 0 aromatic heterocycles. The third-order valence-electron chi connectivity index (χ3n) is 4.91. The Labute approximate surface area is 132 Å². The first-order chi connectivity index (χ1) is 10.8. The van der Waals surface area contributed by atoms with Gasteiger partial charge in [0, 0.05) is 12.0 Å². The maximum atomic E-state index is 12.3. The summed E-state index contributed by atoms with van der Waals surface area (Å²) >= 11 is 0. The van der Waals surface area contributed by atoms with Crippen LogP contribution in [0.15, 0.2) is 30.3 Å². The summed E-state index contributed by atoms with van der Waals surface area (Å²) in [5.41, 5.74) is 1.42. The lowest BCUT2D eigenvalue weighted by molar-refractivity contribution is -0.147. The lowest BCUT2D eigenvalue weighted by Gasteiger charge is -2.38. The van der Waals surface area contributed by atoms with Gasteiger partial charge < -0.3 is 14.8 Å². The van der Waals surface area contributed by atoms with Crippen molar-refractivity contribution in [3.63, 3.8) is 0 Å². The Hall–Kier alpha value is -1.39. The molecular weight excluding hydrogens is 278 g/mol. The lowest BCUT2D eigenvalue weighted by atomic mass is 9.69. The molecule has 1 N–H and O–H groups in total. The van der Waals surface area contributed by atoms with Crippen LogP contribution in [0.1, 0.15) is 37.7 Å². The second-order valence-electron chi connectivity index (χ2n) is 6.36. The van der Waals surface area contributed by atoms with Crippen LogP contribution < -0.4 is 5.32 Å². The number of hydrogen-bond donors (Lipinski definition) is 1. The zero-order valence-electron chi connectivity index (χ0n) is 13.1. The van der Waals surface area contributed by atoms with E-state index in [-0.39, 0.29) is 11.3 Å². The van der Waals surface area contributed by atoms with E-state index >= 15 is 0 Å². The standard InChI is InChI=1S/C18H25NO3/c20-17(16-13-21-11-12-22-16)19-14-18(9-5-2-6-10-18)15-7-3-1-4-8-15/h1,3-4,7-8,16H,2,5-6,9-14H2,(H,19,20). The smallest absolute Gasteiger partial charge is 0.251 e. The molecule has 1 saturated heterocycles. The van der Waals surface area contributed by atoms with Crippen molar-refractivity contribution in [2.45, 2.75) is 43.6 Å². The summed E-state index contributed by atoms with van der Waals surface area (Å²) in [5, 5.41) is 3.12. The molecular formula is C18H25NO3. The lowest BCUT2D eigenvalue weighted by Crippen LogP contribution is -2.48. The third kappa shape index (κ3) is 3.50. The molecule has 1 unspecified atom stereocenters. The molecule has 1 heterocycles. The summed E-state index contributed by atoms with van der Waals surface area (Å²) in [5.74, 6) is -0.0411. The van der Waals surface area contributed by atoms with Crippen LogP contribution in [0.3, 0.4) is 0 Å². The highest BCUT2D eigenvalue weighted by Crippen LogP contribution is 2.38. The summed E-state index contributed by atoms with van der Waals surface area (Å²) in [4.78, 5) is 12.3. The Morgan fingerprint density at radius 1 is 1.14 bits per heavy atom. The van der Waals surface area contributed by atoms with Gasteiger partial charge in [0.15, 0.2) is 6.10 Å². The Balaban J connectivity index is 1.67.